The van der Waals surface area contributed by atoms with Gasteiger partial charge in [-0.3, -0.25) is 4.79 Å². The van der Waals surface area contributed by atoms with Crippen LogP contribution in [0.1, 0.15) is 20.9 Å². The van der Waals surface area contributed by atoms with Crippen LogP contribution in [-0.4, -0.2) is 46.6 Å². The molecule has 7 heteroatoms. The lowest BCUT2D eigenvalue weighted by Crippen LogP contribution is -2.49. The Labute approximate surface area is 138 Å². The predicted molar refractivity (Wildman–Crippen MR) is 89.0 cm³/mol. The molecular weight excluding hydrogens is 320 g/mol. The summed E-state index contributed by atoms with van der Waals surface area (Å²) in [5.74, 6) is 0.0370. The SMILES string of the molecule is Cc1ccc(Cl)cc1N1CCN(C(=O)c2snnc2C)CC1. The summed E-state index contributed by atoms with van der Waals surface area (Å²) in [5, 5.41) is 4.65. The van der Waals surface area contributed by atoms with E-state index in [1.54, 1.807) is 0 Å². The van der Waals surface area contributed by atoms with Gasteiger partial charge in [-0.25, -0.2) is 0 Å². The van der Waals surface area contributed by atoms with Gasteiger partial charge in [-0.2, -0.15) is 0 Å². The number of aromatic nitrogens is 2. The molecule has 116 valence electrons. The number of amides is 1. The van der Waals surface area contributed by atoms with Gasteiger partial charge in [-0.05, 0) is 43.1 Å². The number of carbonyl (C=O) groups excluding carboxylic acids is 1. The molecule has 1 aromatic heterocycles. The van der Waals surface area contributed by atoms with Crippen LogP contribution < -0.4 is 4.90 Å². The number of benzene rings is 1. The molecule has 0 bridgehead atoms. The minimum absolute atomic E-state index is 0.0370. The van der Waals surface area contributed by atoms with Crippen LogP contribution in [0.15, 0.2) is 18.2 Å². The number of hydrogen-bond donors (Lipinski definition) is 0. The fourth-order valence-electron chi connectivity index (χ4n) is 2.65. The summed E-state index contributed by atoms with van der Waals surface area (Å²) in [4.78, 5) is 17.3. The first-order chi connectivity index (χ1) is 10.6. The van der Waals surface area contributed by atoms with E-state index in [1.165, 1.54) is 17.1 Å². The molecule has 1 aliphatic rings. The van der Waals surface area contributed by atoms with Gasteiger partial charge in [0.25, 0.3) is 5.91 Å². The highest BCUT2D eigenvalue weighted by Crippen LogP contribution is 2.25. The number of hydrogen-bond acceptors (Lipinski definition) is 5. The number of nitrogens with zero attached hydrogens (tertiary/aromatic N) is 4. The molecule has 0 N–H and O–H groups in total. The molecule has 1 aliphatic heterocycles. The van der Waals surface area contributed by atoms with Crippen LogP contribution in [0.2, 0.25) is 5.02 Å². The van der Waals surface area contributed by atoms with Crippen molar-refractivity contribution in [2.75, 3.05) is 31.1 Å². The fourth-order valence-corrected chi connectivity index (χ4v) is 3.44. The van der Waals surface area contributed by atoms with E-state index in [2.05, 4.69) is 21.4 Å². The van der Waals surface area contributed by atoms with E-state index in [1.807, 2.05) is 30.0 Å². The highest BCUT2D eigenvalue weighted by molar-refractivity contribution is 7.07. The van der Waals surface area contributed by atoms with Crippen molar-refractivity contribution in [1.82, 2.24) is 14.5 Å². The van der Waals surface area contributed by atoms with Gasteiger partial charge in [-0.1, -0.05) is 22.2 Å². The second kappa shape index (κ2) is 6.22. The molecule has 22 heavy (non-hydrogen) atoms. The summed E-state index contributed by atoms with van der Waals surface area (Å²) in [6.45, 7) is 6.90. The normalized spacial score (nSPS) is 15.2. The molecule has 0 unspecified atom stereocenters. The number of carbonyl (C=O) groups is 1. The largest absolute Gasteiger partial charge is 0.368 e. The standard InChI is InChI=1S/C15H17ClN4OS/c1-10-3-4-12(16)9-13(10)19-5-7-20(8-6-19)15(21)14-11(2)17-18-22-14/h3-4,9H,5-8H2,1-2H3. The molecular formula is C15H17ClN4OS. The predicted octanol–water partition coefficient (Wildman–Crippen LogP) is 2.77. The first kappa shape index (κ1) is 15.2. The summed E-state index contributed by atoms with van der Waals surface area (Å²) < 4.78 is 3.84. The van der Waals surface area contributed by atoms with Crippen molar-refractivity contribution in [1.29, 1.82) is 0 Å². The van der Waals surface area contributed by atoms with Gasteiger partial charge >= 0.3 is 0 Å². The minimum Gasteiger partial charge on any atom is -0.368 e. The number of anilines is 1. The molecule has 5 nitrogen and oxygen atoms in total. The minimum atomic E-state index is 0.0370. The van der Waals surface area contributed by atoms with Crippen LogP contribution in [0.3, 0.4) is 0 Å². The Bertz CT molecular complexity index is 695. The summed E-state index contributed by atoms with van der Waals surface area (Å²) in [6, 6.07) is 5.92. The van der Waals surface area contributed by atoms with E-state index < -0.39 is 0 Å². The van der Waals surface area contributed by atoms with E-state index >= 15 is 0 Å². The number of piperazine rings is 1. The summed E-state index contributed by atoms with van der Waals surface area (Å²) in [5.41, 5.74) is 3.06. The lowest BCUT2D eigenvalue weighted by Gasteiger charge is -2.36. The van der Waals surface area contributed by atoms with Crippen molar-refractivity contribution >= 4 is 34.7 Å². The summed E-state index contributed by atoms with van der Waals surface area (Å²) in [7, 11) is 0. The smallest absolute Gasteiger partial charge is 0.267 e. The van der Waals surface area contributed by atoms with Gasteiger partial charge in [0, 0.05) is 36.9 Å². The lowest BCUT2D eigenvalue weighted by molar-refractivity contribution is 0.0750. The zero-order chi connectivity index (χ0) is 15.7. The Balaban J connectivity index is 1.69. The molecule has 0 spiro atoms. The van der Waals surface area contributed by atoms with E-state index in [-0.39, 0.29) is 5.91 Å². The first-order valence-corrected chi connectivity index (χ1v) is 8.30. The highest BCUT2D eigenvalue weighted by atomic mass is 35.5. The van der Waals surface area contributed by atoms with Gasteiger partial charge in [0.15, 0.2) is 0 Å². The maximum atomic E-state index is 12.5. The summed E-state index contributed by atoms with van der Waals surface area (Å²) in [6.07, 6.45) is 0. The van der Waals surface area contributed by atoms with Gasteiger partial charge in [0.2, 0.25) is 0 Å². The topological polar surface area (TPSA) is 49.3 Å². The molecule has 2 aromatic rings. The Hall–Kier alpha value is -1.66. The van der Waals surface area contributed by atoms with Crippen molar-refractivity contribution in [2.45, 2.75) is 13.8 Å². The van der Waals surface area contributed by atoms with Crippen molar-refractivity contribution in [3.8, 4) is 0 Å². The quantitative estimate of drug-likeness (QED) is 0.846. The average molecular weight is 337 g/mol. The molecule has 0 aliphatic carbocycles. The third-order valence-corrected chi connectivity index (χ3v) is 4.98. The molecule has 3 rings (SSSR count). The third-order valence-electron chi connectivity index (χ3n) is 3.92. The van der Waals surface area contributed by atoms with E-state index in [0.717, 1.165) is 23.8 Å². The number of rotatable bonds is 2. The molecule has 1 aromatic carbocycles. The third kappa shape index (κ3) is 2.94. The first-order valence-electron chi connectivity index (χ1n) is 7.15. The van der Waals surface area contributed by atoms with Crippen molar-refractivity contribution in [3.05, 3.63) is 39.4 Å². The van der Waals surface area contributed by atoms with Crippen LogP contribution in [0.5, 0.6) is 0 Å². The molecule has 0 saturated carbocycles. The van der Waals surface area contributed by atoms with Gasteiger partial charge in [0.05, 0.1) is 5.69 Å². The zero-order valence-electron chi connectivity index (χ0n) is 12.5. The molecule has 0 radical (unpaired) electrons. The maximum absolute atomic E-state index is 12.5. The summed E-state index contributed by atoms with van der Waals surface area (Å²) >= 11 is 7.27. The Morgan fingerprint density at radius 1 is 1.23 bits per heavy atom. The second-order valence-electron chi connectivity index (χ2n) is 5.40. The molecule has 1 saturated heterocycles. The Morgan fingerprint density at radius 3 is 2.59 bits per heavy atom. The van der Waals surface area contributed by atoms with Crippen LogP contribution in [-0.2, 0) is 0 Å². The maximum Gasteiger partial charge on any atom is 0.267 e. The highest BCUT2D eigenvalue weighted by Gasteiger charge is 2.25. The van der Waals surface area contributed by atoms with Crippen molar-refractivity contribution in [2.24, 2.45) is 0 Å². The van der Waals surface area contributed by atoms with Gasteiger partial charge < -0.3 is 9.80 Å². The average Bonchev–Trinajstić information content (AvgIpc) is 2.95. The number of halogens is 1. The second-order valence-corrected chi connectivity index (χ2v) is 6.59. The van der Waals surface area contributed by atoms with Crippen molar-refractivity contribution < 1.29 is 4.79 Å². The van der Waals surface area contributed by atoms with Crippen LogP contribution in [0.4, 0.5) is 5.69 Å². The molecule has 2 heterocycles. The Kier molecular flexibility index (Phi) is 4.31. The monoisotopic (exact) mass is 336 g/mol. The van der Waals surface area contributed by atoms with Crippen LogP contribution in [0, 0.1) is 13.8 Å². The zero-order valence-corrected chi connectivity index (χ0v) is 14.1. The van der Waals surface area contributed by atoms with E-state index in [4.69, 9.17) is 11.6 Å². The Morgan fingerprint density at radius 2 is 1.95 bits per heavy atom. The van der Waals surface area contributed by atoms with Crippen molar-refractivity contribution in [3.63, 3.8) is 0 Å². The molecule has 1 amide bonds. The van der Waals surface area contributed by atoms with Gasteiger partial charge in [0.1, 0.15) is 4.88 Å². The van der Waals surface area contributed by atoms with Crippen LogP contribution in [0.25, 0.3) is 0 Å². The lowest BCUT2D eigenvalue weighted by atomic mass is 10.1. The molecule has 1 fully saturated rings. The van der Waals surface area contributed by atoms with E-state index in [0.29, 0.717) is 23.7 Å². The number of aryl methyl sites for hydroxylation is 2. The van der Waals surface area contributed by atoms with Gasteiger partial charge in [-0.15, -0.1) is 5.10 Å². The van der Waals surface area contributed by atoms with Crippen LogP contribution >= 0.6 is 23.1 Å². The fraction of sp³-hybridized carbons (Fsp3) is 0.400. The molecule has 0 atom stereocenters. The van der Waals surface area contributed by atoms with E-state index in [9.17, 15) is 4.79 Å².